The number of nitrogens with zero attached hydrogens (tertiary/aromatic N) is 2. The highest BCUT2D eigenvalue weighted by molar-refractivity contribution is 5.92. The summed E-state index contributed by atoms with van der Waals surface area (Å²) in [6, 6.07) is 15.2. The molecule has 1 N–H and O–H groups in total. The fourth-order valence-electron chi connectivity index (χ4n) is 2.51. The second kappa shape index (κ2) is 8.01. The first-order valence-electron chi connectivity index (χ1n) is 8.11. The topological polar surface area (TPSA) is 114 Å². The predicted molar refractivity (Wildman–Crippen MR) is 95.8 cm³/mol. The van der Waals surface area contributed by atoms with Gasteiger partial charge < -0.3 is 14.5 Å². The fraction of sp³-hybridized carbons (Fsp3) is 0.158. The Labute approximate surface area is 153 Å². The summed E-state index contributed by atoms with van der Waals surface area (Å²) < 4.78 is 11.3. The first kappa shape index (κ1) is 17.9. The molecule has 0 bridgehead atoms. The molecule has 8 heteroatoms. The van der Waals surface area contributed by atoms with E-state index in [0.717, 1.165) is 0 Å². The van der Waals surface area contributed by atoms with E-state index < -0.39 is 24.2 Å². The van der Waals surface area contributed by atoms with Gasteiger partial charge in [0.15, 0.2) is 12.2 Å². The average Bonchev–Trinajstić information content (AvgIpc) is 3.00. The summed E-state index contributed by atoms with van der Waals surface area (Å²) in [5.41, 5.74) is 1.87. The van der Waals surface area contributed by atoms with Crippen molar-refractivity contribution in [1.82, 2.24) is 4.57 Å². The van der Waals surface area contributed by atoms with Gasteiger partial charge in [0.2, 0.25) is 0 Å². The molecular weight excluding hydrogens is 350 g/mol. The number of anilines is 1. The molecule has 27 heavy (non-hydrogen) atoms. The maximum atomic E-state index is 11.9. The lowest BCUT2D eigenvalue weighted by Crippen LogP contribution is -2.22. The number of aromatic nitrogens is 1. The van der Waals surface area contributed by atoms with Crippen LogP contribution in [0.4, 0.5) is 5.69 Å². The van der Waals surface area contributed by atoms with Crippen LogP contribution in [0, 0.1) is 11.3 Å². The summed E-state index contributed by atoms with van der Waals surface area (Å²) in [6.45, 7) is -0.378. The first-order chi connectivity index (χ1) is 13.1. The molecule has 0 atom stereocenters. The summed E-state index contributed by atoms with van der Waals surface area (Å²) in [6.07, 6.45) is -0.0827. The van der Waals surface area contributed by atoms with E-state index in [2.05, 4.69) is 5.32 Å². The van der Waals surface area contributed by atoms with Crippen molar-refractivity contribution in [1.29, 1.82) is 5.26 Å². The number of nitriles is 1. The first-order valence-corrected chi connectivity index (χ1v) is 8.11. The van der Waals surface area contributed by atoms with Gasteiger partial charge in [0, 0.05) is 12.2 Å². The molecule has 0 aliphatic carbocycles. The van der Waals surface area contributed by atoms with Crippen molar-refractivity contribution in [2.24, 2.45) is 0 Å². The lowest BCUT2D eigenvalue weighted by molar-refractivity contribution is -0.147. The molecule has 0 saturated carbocycles. The molecular formula is C19H15N3O5. The Morgan fingerprint density at radius 3 is 2.81 bits per heavy atom. The zero-order valence-electron chi connectivity index (χ0n) is 14.2. The molecule has 1 amide bonds. The van der Waals surface area contributed by atoms with Crippen molar-refractivity contribution in [3.8, 4) is 6.07 Å². The minimum absolute atomic E-state index is 0.0827. The SMILES string of the molecule is N#Cc1cccc(NC(=O)COC(=O)CCn2c(=O)oc3ccccc32)c1. The molecule has 0 radical (unpaired) electrons. The Hall–Kier alpha value is -3.86. The quantitative estimate of drug-likeness (QED) is 0.669. The van der Waals surface area contributed by atoms with Gasteiger partial charge in [-0.05, 0) is 30.3 Å². The second-order valence-corrected chi connectivity index (χ2v) is 5.64. The summed E-state index contributed by atoms with van der Waals surface area (Å²) in [5.74, 6) is -1.70. The number of oxazole rings is 1. The number of aryl methyl sites for hydroxylation is 1. The number of para-hydroxylation sites is 2. The maximum Gasteiger partial charge on any atom is 0.419 e. The summed E-state index contributed by atoms with van der Waals surface area (Å²) in [4.78, 5) is 35.5. The number of nitrogens with one attached hydrogen (secondary N) is 1. The van der Waals surface area contributed by atoms with Crippen molar-refractivity contribution >= 4 is 28.7 Å². The van der Waals surface area contributed by atoms with Crippen LogP contribution in [0.25, 0.3) is 11.1 Å². The van der Waals surface area contributed by atoms with Crippen LogP contribution in [0.1, 0.15) is 12.0 Å². The molecule has 0 unspecified atom stereocenters. The normalized spacial score (nSPS) is 10.3. The number of benzene rings is 2. The number of carbonyl (C=O) groups excluding carboxylic acids is 2. The Bertz CT molecular complexity index is 1090. The smallest absolute Gasteiger partial charge is 0.419 e. The number of esters is 1. The monoisotopic (exact) mass is 365 g/mol. The van der Waals surface area contributed by atoms with Crippen LogP contribution >= 0.6 is 0 Å². The van der Waals surface area contributed by atoms with E-state index in [1.807, 2.05) is 6.07 Å². The molecule has 8 nitrogen and oxygen atoms in total. The average molecular weight is 365 g/mol. The molecule has 1 heterocycles. The van der Waals surface area contributed by atoms with Gasteiger partial charge in [-0.3, -0.25) is 14.2 Å². The largest absolute Gasteiger partial charge is 0.456 e. The van der Waals surface area contributed by atoms with Crippen molar-refractivity contribution in [2.45, 2.75) is 13.0 Å². The molecule has 0 fully saturated rings. The molecule has 3 aromatic rings. The minimum Gasteiger partial charge on any atom is -0.456 e. The number of ether oxygens (including phenoxy) is 1. The van der Waals surface area contributed by atoms with E-state index in [9.17, 15) is 14.4 Å². The van der Waals surface area contributed by atoms with E-state index >= 15 is 0 Å². The number of hydrogen-bond acceptors (Lipinski definition) is 6. The van der Waals surface area contributed by atoms with Crippen molar-refractivity contribution in [2.75, 3.05) is 11.9 Å². The summed E-state index contributed by atoms with van der Waals surface area (Å²) >= 11 is 0. The number of carbonyl (C=O) groups is 2. The van der Waals surface area contributed by atoms with Crippen LogP contribution in [-0.2, 0) is 20.9 Å². The molecule has 136 valence electrons. The molecule has 0 saturated heterocycles. The highest BCUT2D eigenvalue weighted by Gasteiger charge is 2.12. The van der Waals surface area contributed by atoms with Crippen molar-refractivity contribution in [3.05, 3.63) is 64.6 Å². The Kier molecular flexibility index (Phi) is 5.33. The Morgan fingerprint density at radius 2 is 2.00 bits per heavy atom. The van der Waals surface area contributed by atoms with Crippen molar-refractivity contribution < 1.29 is 18.7 Å². The zero-order chi connectivity index (χ0) is 19.2. The number of fused-ring (bicyclic) bond motifs is 1. The lowest BCUT2D eigenvalue weighted by Gasteiger charge is -2.07. The van der Waals surface area contributed by atoms with Crippen LogP contribution in [-0.4, -0.2) is 23.1 Å². The third-order valence-electron chi connectivity index (χ3n) is 3.75. The van der Waals surface area contributed by atoms with E-state index in [0.29, 0.717) is 22.4 Å². The van der Waals surface area contributed by atoms with Gasteiger partial charge in [-0.1, -0.05) is 18.2 Å². The molecule has 1 aromatic heterocycles. The van der Waals surface area contributed by atoms with E-state index in [1.165, 1.54) is 10.6 Å². The maximum absolute atomic E-state index is 11.9. The summed E-state index contributed by atoms with van der Waals surface area (Å²) in [7, 11) is 0. The minimum atomic E-state index is -0.617. The van der Waals surface area contributed by atoms with Gasteiger partial charge in [-0.2, -0.15) is 5.26 Å². The van der Waals surface area contributed by atoms with Gasteiger partial charge in [-0.25, -0.2) is 4.79 Å². The van der Waals surface area contributed by atoms with E-state index in [4.69, 9.17) is 14.4 Å². The lowest BCUT2D eigenvalue weighted by atomic mass is 10.2. The van der Waals surface area contributed by atoms with E-state index in [-0.39, 0.29) is 13.0 Å². The van der Waals surface area contributed by atoms with Crippen LogP contribution in [0.15, 0.2) is 57.7 Å². The highest BCUT2D eigenvalue weighted by atomic mass is 16.5. The van der Waals surface area contributed by atoms with Gasteiger partial charge >= 0.3 is 11.7 Å². The number of rotatable bonds is 6. The molecule has 0 aliphatic heterocycles. The Balaban J connectivity index is 1.51. The van der Waals surface area contributed by atoms with Crippen LogP contribution < -0.4 is 11.1 Å². The second-order valence-electron chi connectivity index (χ2n) is 5.64. The van der Waals surface area contributed by atoms with Crippen LogP contribution in [0.5, 0.6) is 0 Å². The molecule has 2 aromatic carbocycles. The number of hydrogen-bond donors (Lipinski definition) is 1. The predicted octanol–water partition coefficient (Wildman–Crippen LogP) is 2.04. The fourth-order valence-corrected chi connectivity index (χ4v) is 2.51. The van der Waals surface area contributed by atoms with Gasteiger partial charge in [-0.15, -0.1) is 0 Å². The van der Waals surface area contributed by atoms with Crippen LogP contribution in [0.3, 0.4) is 0 Å². The molecule has 3 rings (SSSR count). The van der Waals surface area contributed by atoms with Gasteiger partial charge in [0.1, 0.15) is 0 Å². The number of amides is 1. The Morgan fingerprint density at radius 1 is 1.19 bits per heavy atom. The van der Waals surface area contributed by atoms with E-state index in [1.54, 1.807) is 42.5 Å². The van der Waals surface area contributed by atoms with Gasteiger partial charge in [0.05, 0.1) is 23.6 Å². The molecule has 0 spiro atoms. The van der Waals surface area contributed by atoms with Crippen molar-refractivity contribution in [3.63, 3.8) is 0 Å². The highest BCUT2D eigenvalue weighted by Crippen LogP contribution is 2.12. The molecule has 0 aliphatic rings. The van der Waals surface area contributed by atoms with Crippen LogP contribution in [0.2, 0.25) is 0 Å². The third kappa shape index (κ3) is 4.41. The third-order valence-corrected chi connectivity index (χ3v) is 3.75. The van der Waals surface area contributed by atoms with Gasteiger partial charge in [0.25, 0.3) is 5.91 Å². The summed E-state index contributed by atoms with van der Waals surface area (Å²) in [5, 5.41) is 11.4. The zero-order valence-corrected chi connectivity index (χ0v) is 14.2. The standard InChI is InChI=1S/C19H15N3O5/c20-11-13-4-3-5-14(10-13)21-17(23)12-26-18(24)8-9-22-15-6-1-2-7-16(15)27-19(22)25/h1-7,10H,8-9,12H2,(H,21,23).